The van der Waals surface area contributed by atoms with E-state index in [1.807, 2.05) is 0 Å². The summed E-state index contributed by atoms with van der Waals surface area (Å²) in [6, 6.07) is 0. The number of nitrogens with zero attached hydrogens (tertiary/aromatic N) is 3. The van der Waals surface area contributed by atoms with Crippen LogP contribution in [0, 0.1) is 40.8 Å². The van der Waals surface area contributed by atoms with Gasteiger partial charge in [-0.25, -0.2) is 0 Å². The van der Waals surface area contributed by atoms with Crippen LogP contribution in [0.25, 0.3) is 0 Å². The summed E-state index contributed by atoms with van der Waals surface area (Å²) in [5, 5.41) is 43.1. The maximum absolute atomic E-state index is 8.36. The second kappa shape index (κ2) is 17.2. The number of hydrogen-bond donors (Lipinski definition) is 1. The first kappa shape index (κ1) is 22.7. The Bertz CT molecular complexity index is 112. The van der Waals surface area contributed by atoms with E-state index in [1.165, 1.54) is 0 Å². The van der Waals surface area contributed by atoms with Gasteiger partial charge in [-0.1, -0.05) is 0 Å². The fraction of sp³-hybridized carbons (Fsp3) is 0. The molecule has 0 atom stereocenters. The predicted octanol–water partition coefficient (Wildman–Crippen LogP) is -1.21. The van der Waals surface area contributed by atoms with E-state index in [2.05, 4.69) is 0 Å². The molecule has 0 heterocycles. The molecule has 0 rings (SSSR count). The zero-order valence-electron chi connectivity index (χ0n) is 5.76. The van der Waals surface area contributed by atoms with E-state index < -0.39 is 15.3 Å². The van der Waals surface area contributed by atoms with Crippen LogP contribution in [0.15, 0.2) is 0 Å². The average Bonchev–Trinajstić information content (AvgIpc) is 1.54. The van der Waals surface area contributed by atoms with Crippen molar-refractivity contribution >= 4 is 45.5 Å². The Hall–Kier alpha value is -0.919. The van der Waals surface area contributed by atoms with Crippen LogP contribution in [-0.4, -0.2) is 65.9 Å². The topological polar surface area (TPSA) is 196 Å². The van der Waals surface area contributed by atoms with E-state index in [1.54, 1.807) is 0 Å². The molecular formula is HN3O9Sr. The van der Waals surface area contributed by atoms with Gasteiger partial charge in [0.05, 0.1) is 10.2 Å². The maximum atomic E-state index is 8.36. The third kappa shape index (κ3) is 1080. The van der Waals surface area contributed by atoms with Crippen molar-refractivity contribution in [3.63, 3.8) is 0 Å². The summed E-state index contributed by atoms with van der Waals surface area (Å²) in [5.74, 6) is 0. The van der Waals surface area contributed by atoms with Gasteiger partial charge in [-0.2, -0.15) is 0 Å². The zero-order chi connectivity index (χ0) is 10.7. The van der Waals surface area contributed by atoms with Crippen molar-refractivity contribution in [3.05, 3.63) is 40.8 Å². The van der Waals surface area contributed by atoms with Crippen LogP contribution in [0.4, 0.5) is 0 Å². The van der Waals surface area contributed by atoms with E-state index >= 15 is 0 Å². The van der Waals surface area contributed by atoms with Crippen LogP contribution in [0.5, 0.6) is 0 Å². The van der Waals surface area contributed by atoms with Crippen LogP contribution in [-0.2, 0) is 0 Å². The Kier molecular flexibility index (Phi) is 30.1. The monoisotopic (exact) mass is 275 g/mol. The molecule has 0 radical (unpaired) electrons. The number of rotatable bonds is 0. The molecule has 0 unspecified atom stereocenters. The van der Waals surface area contributed by atoms with Gasteiger partial charge >= 0.3 is 45.5 Å². The summed E-state index contributed by atoms with van der Waals surface area (Å²) in [6.07, 6.45) is 0. The maximum Gasteiger partial charge on any atom is 2.00 e. The van der Waals surface area contributed by atoms with Crippen molar-refractivity contribution in [3.8, 4) is 0 Å². The van der Waals surface area contributed by atoms with Crippen molar-refractivity contribution in [1.82, 2.24) is 0 Å². The molecule has 0 aromatic heterocycles. The fourth-order valence-corrected chi connectivity index (χ4v) is 0. The fourth-order valence-electron chi connectivity index (χ4n) is 0. The van der Waals surface area contributed by atoms with Crippen LogP contribution >= 0.6 is 0 Å². The number of hydrogen-bond acceptors (Lipinski definition) is 8. The molecule has 0 aromatic carbocycles. The van der Waals surface area contributed by atoms with Crippen LogP contribution in [0.1, 0.15) is 0 Å². The Balaban J connectivity index is -0.0000000450. The third-order valence-electron chi connectivity index (χ3n) is 0. The van der Waals surface area contributed by atoms with Gasteiger partial charge in [-0.05, 0) is 0 Å². The van der Waals surface area contributed by atoms with Crippen LogP contribution in [0.3, 0.4) is 0 Å². The van der Waals surface area contributed by atoms with E-state index in [-0.39, 0.29) is 45.5 Å². The molecule has 13 heteroatoms. The molecule has 1 N–H and O–H groups in total. The second-order valence-corrected chi connectivity index (χ2v) is 0.685. The zero-order valence-corrected chi connectivity index (χ0v) is 9.24. The first-order chi connectivity index (χ1) is 5.20. The first-order valence-corrected chi connectivity index (χ1v) is 1.66. The van der Waals surface area contributed by atoms with E-state index in [0.29, 0.717) is 0 Å². The Labute approximate surface area is 106 Å². The van der Waals surface area contributed by atoms with Gasteiger partial charge in [0.15, 0.2) is 0 Å². The van der Waals surface area contributed by atoms with Crippen molar-refractivity contribution in [2.75, 3.05) is 0 Å². The normalized spacial score (nSPS) is 5.54. The molecule has 12 nitrogen and oxygen atoms in total. The van der Waals surface area contributed by atoms with Gasteiger partial charge in [-0.3, -0.25) is 0 Å². The van der Waals surface area contributed by atoms with E-state index in [0.717, 1.165) is 0 Å². The Morgan fingerprint density at radius 3 is 0.769 bits per heavy atom. The summed E-state index contributed by atoms with van der Waals surface area (Å²) in [4.78, 5) is 24.9. The molecular weight excluding hydrogens is 274 g/mol. The van der Waals surface area contributed by atoms with Gasteiger partial charge in [0, 0.05) is 0 Å². The smallest absolute Gasteiger partial charge is 0.356 e. The van der Waals surface area contributed by atoms with Crippen molar-refractivity contribution in [2.45, 2.75) is 0 Å². The minimum absolute atomic E-state index is 0. The largest absolute Gasteiger partial charge is 2.00 e. The molecule has 0 amide bonds. The summed E-state index contributed by atoms with van der Waals surface area (Å²) < 4.78 is 0. The molecule has 0 aliphatic carbocycles. The summed E-state index contributed by atoms with van der Waals surface area (Å²) in [7, 11) is 0. The van der Waals surface area contributed by atoms with Gasteiger partial charge in [0.1, 0.15) is 0 Å². The van der Waals surface area contributed by atoms with Crippen molar-refractivity contribution in [1.29, 1.82) is 0 Å². The molecule has 0 spiro atoms. The quantitative estimate of drug-likeness (QED) is 0.320. The summed E-state index contributed by atoms with van der Waals surface area (Å²) in [5.41, 5.74) is 0. The van der Waals surface area contributed by atoms with Gasteiger partial charge in [-0.15, -0.1) is 10.1 Å². The van der Waals surface area contributed by atoms with E-state index in [4.69, 9.17) is 46.0 Å². The molecule has 0 aliphatic rings. The average molecular weight is 275 g/mol. The van der Waals surface area contributed by atoms with Crippen molar-refractivity contribution < 1.29 is 20.5 Å². The third-order valence-corrected chi connectivity index (χ3v) is 0. The molecule has 13 heavy (non-hydrogen) atoms. The predicted molar refractivity (Wildman–Crippen MR) is 35.3 cm³/mol. The molecule has 0 aromatic rings. The van der Waals surface area contributed by atoms with Crippen LogP contribution in [0.2, 0.25) is 0 Å². The molecule has 0 saturated carbocycles. The Morgan fingerprint density at radius 2 is 0.769 bits per heavy atom. The van der Waals surface area contributed by atoms with Crippen LogP contribution < -0.4 is 0 Å². The van der Waals surface area contributed by atoms with Gasteiger partial charge in [0.2, 0.25) is 0 Å². The summed E-state index contributed by atoms with van der Waals surface area (Å²) in [6.45, 7) is 0. The molecule has 0 fully saturated rings. The SMILES string of the molecule is O=[N+]([O-])O.O=[N+]([O-])[O-].O=[N+]([O-])[O-].[Sr+2]. The second-order valence-electron chi connectivity index (χ2n) is 0.685. The van der Waals surface area contributed by atoms with Crippen molar-refractivity contribution in [2.24, 2.45) is 0 Å². The standard InChI is InChI=1S/HNO3.2NO3.Sr/c3*2-1(3)4;/h(H,2,3,4);;;/q;2*-1;+2. The van der Waals surface area contributed by atoms with Gasteiger partial charge in [0.25, 0.3) is 5.09 Å². The summed E-state index contributed by atoms with van der Waals surface area (Å²) >= 11 is 0. The molecule has 0 aliphatic heterocycles. The molecule has 72 valence electrons. The first-order valence-electron chi connectivity index (χ1n) is 1.66. The molecule has 0 saturated heterocycles. The molecule has 0 bridgehead atoms. The minimum atomic E-state index is -1.75. The Morgan fingerprint density at radius 1 is 0.769 bits per heavy atom. The van der Waals surface area contributed by atoms with Gasteiger partial charge < -0.3 is 35.9 Å². The minimum Gasteiger partial charge on any atom is -0.356 e. The van der Waals surface area contributed by atoms with E-state index in [9.17, 15) is 0 Å².